The number of alkyl halides is 3. The number of rotatable bonds is 2. The minimum Gasteiger partial charge on any atom is -0.303 e. The Balaban J connectivity index is 3.13. The van der Waals surface area contributed by atoms with Gasteiger partial charge in [0.15, 0.2) is 0 Å². The molecule has 0 bridgehead atoms. The number of carbonyl (C=O) groups is 1. The Kier molecular flexibility index (Phi) is 2.88. The molecule has 14 heavy (non-hydrogen) atoms. The van der Waals surface area contributed by atoms with Gasteiger partial charge in [-0.15, -0.1) is 0 Å². The summed E-state index contributed by atoms with van der Waals surface area (Å²) < 4.78 is 49.1. The van der Waals surface area contributed by atoms with Crippen LogP contribution in [0.25, 0.3) is 0 Å². The third-order valence-corrected chi connectivity index (χ3v) is 1.60. The van der Waals surface area contributed by atoms with Gasteiger partial charge in [0.1, 0.15) is 12.1 Å². The first-order valence-electron chi connectivity index (χ1n) is 3.74. The highest BCUT2D eigenvalue weighted by molar-refractivity contribution is 5.55. The Hall–Kier alpha value is -1.39. The van der Waals surface area contributed by atoms with Crippen LogP contribution in [0.5, 0.6) is 0 Å². The van der Waals surface area contributed by atoms with Crippen LogP contribution in [0, 0.1) is 5.82 Å². The number of benzene rings is 1. The summed E-state index contributed by atoms with van der Waals surface area (Å²) >= 11 is 0. The van der Waals surface area contributed by atoms with E-state index in [1.807, 2.05) is 0 Å². The summed E-state index contributed by atoms with van der Waals surface area (Å²) in [4.78, 5) is 10.0. The number of carbonyl (C=O) groups excluding carboxylic acids is 1. The van der Waals surface area contributed by atoms with E-state index >= 15 is 0 Å². The normalized spacial score (nSPS) is 11.4. The van der Waals surface area contributed by atoms with Gasteiger partial charge in [0.2, 0.25) is 0 Å². The molecule has 0 radical (unpaired) electrons. The lowest BCUT2D eigenvalue weighted by atomic mass is 10.1. The van der Waals surface area contributed by atoms with Crippen molar-refractivity contribution in [3.8, 4) is 0 Å². The van der Waals surface area contributed by atoms with Crippen LogP contribution in [0.2, 0.25) is 0 Å². The van der Waals surface area contributed by atoms with Crippen LogP contribution in [0.4, 0.5) is 17.6 Å². The second-order valence-electron chi connectivity index (χ2n) is 2.72. The zero-order chi connectivity index (χ0) is 10.8. The first-order valence-corrected chi connectivity index (χ1v) is 3.74. The van der Waals surface area contributed by atoms with E-state index in [0.29, 0.717) is 12.4 Å². The molecule has 0 aliphatic carbocycles. The molecule has 0 atom stereocenters. The van der Waals surface area contributed by atoms with Crippen molar-refractivity contribution in [2.75, 3.05) is 0 Å². The van der Waals surface area contributed by atoms with E-state index in [1.54, 1.807) is 0 Å². The SMILES string of the molecule is O=CCc1cc(F)cc(C(F)(F)F)c1. The van der Waals surface area contributed by atoms with E-state index in [1.165, 1.54) is 0 Å². The van der Waals surface area contributed by atoms with Crippen molar-refractivity contribution >= 4 is 6.29 Å². The Morgan fingerprint density at radius 2 is 1.86 bits per heavy atom. The Bertz CT molecular complexity index is 343. The van der Waals surface area contributed by atoms with Crippen molar-refractivity contribution in [2.45, 2.75) is 12.6 Å². The molecule has 0 aromatic heterocycles. The molecule has 1 aromatic carbocycles. The molecular weight excluding hydrogens is 200 g/mol. The molecule has 0 aliphatic heterocycles. The molecule has 0 saturated heterocycles. The van der Waals surface area contributed by atoms with Gasteiger partial charge in [-0.25, -0.2) is 4.39 Å². The molecule has 5 heteroatoms. The van der Waals surface area contributed by atoms with E-state index in [4.69, 9.17) is 0 Å². The average molecular weight is 206 g/mol. The molecule has 0 unspecified atom stereocenters. The third kappa shape index (κ3) is 2.55. The summed E-state index contributed by atoms with van der Waals surface area (Å²) in [5.41, 5.74) is -1.05. The number of hydrogen-bond acceptors (Lipinski definition) is 1. The van der Waals surface area contributed by atoms with Crippen molar-refractivity contribution in [1.82, 2.24) is 0 Å². The molecule has 0 spiro atoms. The zero-order valence-electron chi connectivity index (χ0n) is 6.94. The fourth-order valence-electron chi connectivity index (χ4n) is 1.03. The van der Waals surface area contributed by atoms with Gasteiger partial charge in [0.25, 0.3) is 0 Å². The number of halogens is 4. The van der Waals surface area contributed by atoms with Gasteiger partial charge in [-0.3, -0.25) is 0 Å². The van der Waals surface area contributed by atoms with Crippen LogP contribution in [0.1, 0.15) is 11.1 Å². The van der Waals surface area contributed by atoms with Crippen molar-refractivity contribution in [1.29, 1.82) is 0 Å². The van der Waals surface area contributed by atoms with Crippen LogP contribution < -0.4 is 0 Å². The quantitative estimate of drug-likeness (QED) is 0.537. The maximum atomic E-state index is 12.7. The molecule has 1 nitrogen and oxygen atoms in total. The van der Waals surface area contributed by atoms with Crippen molar-refractivity contribution in [2.24, 2.45) is 0 Å². The average Bonchev–Trinajstić information content (AvgIpc) is 2.02. The lowest BCUT2D eigenvalue weighted by molar-refractivity contribution is -0.137. The highest BCUT2D eigenvalue weighted by atomic mass is 19.4. The first-order chi connectivity index (χ1) is 6.43. The molecule has 76 valence electrons. The van der Waals surface area contributed by atoms with Crippen LogP contribution in [-0.4, -0.2) is 6.29 Å². The second-order valence-corrected chi connectivity index (χ2v) is 2.72. The minimum atomic E-state index is -4.58. The molecule has 0 heterocycles. The maximum Gasteiger partial charge on any atom is 0.416 e. The fraction of sp³-hybridized carbons (Fsp3) is 0.222. The summed E-state index contributed by atoms with van der Waals surface area (Å²) in [6, 6.07) is 2.06. The fourth-order valence-corrected chi connectivity index (χ4v) is 1.03. The summed E-state index contributed by atoms with van der Waals surface area (Å²) in [7, 11) is 0. The number of hydrogen-bond donors (Lipinski definition) is 0. The Morgan fingerprint density at radius 3 is 2.36 bits per heavy atom. The van der Waals surface area contributed by atoms with Crippen LogP contribution in [0.15, 0.2) is 18.2 Å². The van der Waals surface area contributed by atoms with Gasteiger partial charge in [-0.05, 0) is 23.8 Å². The van der Waals surface area contributed by atoms with Gasteiger partial charge < -0.3 is 4.79 Å². The largest absolute Gasteiger partial charge is 0.416 e. The highest BCUT2D eigenvalue weighted by Gasteiger charge is 2.31. The Morgan fingerprint density at radius 1 is 1.21 bits per heavy atom. The predicted molar refractivity (Wildman–Crippen MR) is 41.2 cm³/mol. The summed E-state index contributed by atoms with van der Waals surface area (Å²) in [6.45, 7) is 0. The highest BCUT2D eigenvalue weighted by Crippen LogP contribution is 2.30. The van der Waals surface area contributed by atoms with Crippen molar-refractivity contribution < 1.29 is 22.4 Å². The van der Waals surface area contributed by atoms with E-state index in [-0.39, 0.29) is 12.0 Å². The summed E-state index contributed by atoms with van der Waals surface area (Å²) in [5, 5.41) is 0. The molecule has 0 fully saturated rings. The van der Waals surface area contributed by atoms with Crippen LogP contribution >= 0.6 is 0 Å². The van der Waals surface area contributed by atoms with Gasteiger partial charge in [-0.1, -0.05) is 0 Å². The van der Waals surface area contributed by atoms with Crippen LogP contribution in [0.3, 0.4) is 0 Å². The predicted octanol–water partition coefficient (Wildman–Crippen LogP) is 2.59. The molecular formula is C9H6F4O. The second kappa shape index (κ2) is 3.77. The smallest absolute Gasteiger partial charge is 0.303 e. The molecule has 1 rings (SSSR count). The van der Waals surface area contributed by atoms with Gasteiger partial charge in [0, 0.05) is 6.42 Å². The van der Waals surface area contributed by atoms with Crippen LogP contribution in [-0.2, 0) is 17.4 Å². The molecule has 1 aromatic rings. The van der Waals surface area contributed by atoms with E-state index in [2.05, 4.69) is 0 Å². The van der Waals surface area contributed by atoms with E-state index < -0.39 is 17.6 Å². The molecule has 0 aliphatic rings. The molecule has 0 N–H and O–H groups in total. The van der Waals surface area contributed by atoms with Crippen molar-refractivity contribution in [3.05, 3.63) is 35.1 Å². The summed E-state index contributed by atoms with van der Waals surface area (Å²) in [6.07, 6.45) is -4.38. The minimum absolute atomic E-state index is 0.0207. The van der Waals surface area contributed by atoms with Crippen molar-refractivity contribution in [3.63, 3.8) is 0 Å². The topological polar surface area (TPSA) is 17.1 Å². The van der Waals surface area contributed by atoms with E-state index in [9.17, 15) is 22.4 Å². The summed E-state index contributed by atoms with van der Waals surface area (Å²) in [5.74, 6) is -0.989. The molecule has 0 amide bonds. The number of aldehydes is 1. The zero-order valence-corrected chi connectivity index (χ0v) is 6.94. The lowest BCUT2D eigenvalue weighted by Crippen LogP contribution is -2.06. The van der Waals surface area contributed by atoms with Gasteiger partial charge >= 0.3 is 6.18 Å². The lowest BCUT2D eigenvalue weighted by Gasteiger charge is -2.07. The van der Waals surface area contributed by atoms with E-state index in [0.717, 1.165) is 12.1 Å². The standard InChI is InChI=1S/C9H6F4O/c10-8-4-6(1-2-14)3-7(5-8)9(11,12)13/h2-5H,1H2. The van der Waals surface area contributed by atoms with Gasteiger partial charge in [-0.2, -0.15) is 13.2 Å². The Labute approximate surface area is 77.3 Å². The third-order valence-electron chi connectivity index (χ3n) is 1.60. The first kappa shape index (κ1) is 10.7. The molecule has 0 saturated carbocycles. The monoisotopic (exact) mass is 206 g/mol. The van der Waals surface area contributed by atoms with Gasteiger partial charge in [0.05, 0.1) is 5.56 Å². The maximum absolute atomic E-state index is 12.7.